The molecule has 2 heterocycles. The highest BCUT2D eigenvalue weighted by atomic mass is 19.1. The fraction of sp³-hybridized carbons (Fsp3) is 0.478. The van der Waals surface area contributed by atoms with Gasteiger partial charge in [0.05, 0.1) is 24.5 Å². The second-order valence-corrected chi connectivity index (χ2v) is 18.8. The molecule has 6 aliphatic rings. The summed E-state index contributed by atoms with van der Waals surface area (Å²) in [5, 5.41) is 23.7. The van der Waals surface area contributed by atoms with Gasteiger partial charge in [-0.15, -0.1) is 0 Å². The zero-order valence-electron chi connectivity index (χ0n) is 36.7. The first-order valence-electron chi connectivity index (χ1n) is 21.2. The van der Waals surface area contributed by atoms with Gasteiger partial charge in [-0.3, -0.25) is 19.4 Å². The molecule has 64 heavy (non-hydrogen) atoms. The molecule has 18 heteroatoms. The minimum absolute atomic E-state index is 0.178. The average Bonchev–Trinajstić information content (AvgIpc) is 3.79. The molecule has 0 saturated carbocycles. The highest BCUT2D eigenvalue weighted by Gasteiger charge is 2.71. The lowest BCUT2D eigenvalue weighted by molar-refractivity contribution is -0.172. The van der Waals surface area contributed by atoms with Crippen LogP contribution in [0.2, 0.25) is 0 Å². The molecular formula is C46H56FN7O10. The third kappa shape index (κ3) is 6.89. The third-order valence-electron chi connectivity index (χ3n) is 14.9. The van der Waals surface area contributed by atoms with Crippen LogP contribution in [0.4, 0.5) is 19.7 Å². The Balaban J connectivity index is 1.51. The maximum atomic E-state index is 15.5. The molecule has 3 aromatic carbocycles. The molecule has 17 nitrogen and oxygen atoms in total. The molecular weight excluding hydrogens is 830 g/mol. The first-order valence-corrected chi connectivity index (χ1v) is 21.2. The van der Waals surface area contributed by atoms with Gasteiger partial charge in [0.1, 0.15) is 5.82 Å². The number of β-amino-alcohol motifs (C(OH)–C–C–N with tert-alkyl or cyclic N) is 2. The summed E-state index contributed by atoms with van der Waals surface area (Å²) in [5.41, 5.74) is 19.4. The molecule has 8 atom stereocenters. The Morgan fingerprint density at radius 2 is 1.00 bits per heavy atom. The van der Waals surface area contributed by atoms with E-state index < -0.39 is 113 Å². The molecule has 4 aliphatic carbocycles. The van der Waals surface area contributed by atoms with Gasteiger partial charge >= 0.3 is 24.1 Å². The molecule has 3 aromatic rings. The fourth-order valence-corrected chi connectivity index (χ4v) is 11.7. The van der Waals surface area contributed by atoms with Gasteiger partial charge in [0, 0.05) is 42.4 Å². The molecule has 0 spiro atoms. The number of primary amides is 4. The van der Waals surface area contributed by atoms with E-state index in [9.17, 15) is 39.0 Å². The number of aliphatic hydroxyl groups excluding tert-OH is 2. The van der Waals surface area contributed by atoms with Gasteiger partial charge in [-0.05, 0) is 84.0 Å². The summed E-state index contributed by atoms with van der Waals surface area (Å²) in [6, 6.07) is 17.6. The van der Waals surface area contributed by atoms with Crippen LogP contribution in [0.5, 0.6) is 0 Å². The zero-order valence-corrected chi connectivity index (χ0v) is 36.7. The first-order chi connectivity index (χ1) is 29.9. The molecule has 342 valence electrons. The SMILES string of the molecule is Cc1c(F)ccc(N(C2C[C@H](O)CN2[C@@](C(N)=O)(C(=O)OC(N)=O)C(C)(C)C2Cc3ccc2cc3)C2C[C@H](O)CN2[C@@](C(N)=O)(C(=O)OC(N)=O)C(C)(C)C2Cc3ccc2cc3)c1C. The summed E-state index contributed by atoms with van der Waals surface area (Å²) in [6.45, 7) is 8.78. The average molecular weight is 886 g/mol. The van der Waals surface area contributed by atoms with E-state index in [-0.39, 0.29) is 24.1 Å². The number of carbonyl (C=O) groups is 6. The predicted octanol–water partition coefficient (Wildman–Crippen LogP) is 2.46. The Morgan fingerprint density at radius 3 is 1.31 bits per heavy atom. The molecule has 4 bridgehead atoms. The summed E-state index contributed by atoms with van der Waals surface area (Å²) >= 11 is 0. The maximum Gasteiger partial charge on any atom is 0.412 e. The Bertz CT molecular complexity index is 2270. The van der Waals surface area contributed by atoms with Crippen LogP contribution >= 0.6 is 0 Å². The molecule has 0 aromatic heterocycles. The van der Waals surface area contributed by atoms with E-state index in [0.717, 1.165) is 22.3 Å². The lowest BCUT2D eigenvalue weighted by atomic mass is 9.58. The van der Waals surface area contributed by atoms with Gasteiger partial charge in [0.25, 0.3) is 0 Å². The number of rotatable bonds is 13. The molecule has 10 N–H and O–H groups in total. The number of fused-ring (bicyclic) bond motifs is 6. The van der Waals surface area contributed by atoms with Crippen molar-refractivity contribution in [2.24, 2.45) is 33.8 Å². The van der Waals surface area contributed by atoms with Crippen molar-refractivity contribution in [1.29, 1.82) is 0 Å². The van der Waals surface area contributed by atoms with Crippen LogP contribution in [0.1, 0.15) is 85.8 Å². The number of nitrogens with two attached hydrogens (primary N) is 4. The van der Waals surface area contributed by atoms with E-state index in [1.54, 1.807) is 39.5 Å². The van der Waals surface area contributed by atoms with Crippen LogP contribution < -0.4 is 27.8 Å². The molecule has 9 rings (SSSR count). The molecule has 2 saturated heterocycles. The highest BCUT2D eigenvalue weighted by molar-refractivity contribution is 6.11. The second-order valence-electron chi connectivity index (χ2n) is 18.8. The van der Waals surface area contributed by atoms with Crippen LogP contribution in [-0.2, 0) is 41.5 Å². The zero-order chi connectivity index (χ0) is 47.0. The van der Waals surface area contributed by atoms with Crippen LogP contribution in [0.3, 0.4) is 0 Å². The number of esters is 2. The van der Waals surface area contributed by atoms with Crippen molar-refractivity contribution in [2.45, 2.75) is 115 Å². The normalized spacial score (nSPS) is 25.0. The van der Waals surface area contributed by atoms with Crippen molar-refractivity contribution >= 4 is 41.6 Å². The van der Waals surface area contributed by atoms with Crippen LogP contribution in [0, 0.1) is 30.5 Å². The monoisotopic (exact) mass is 885 g/mol. The van der Waals surface area contributed by atoms with Crippen molar-refractivity contribution in [3.63, 3.8) is 0 Å². The van der Waals surface area contributed by atoms with Crippen molar-refractivity contribution in [3.05, 3.63) is 99.9 Å². The van der Waals surface area contributed by atoms with Crippen molar-refractivity contribution in [1.82, 2.24) is 9.80 Å². The molecule has 0 radical (unpaired) electrons. The lowest BCUT2D eigenvalue weighted by Crippen LogP contribution is -2.77. The quantitative estimate of drug-likeness (QED) is 0.107. The number of likely N-dealkylation sites (tertiary alicyclic amines) is 2. The number of anilines is 1. The van der Waals surface area contributed by atoms with Crippen molar-refractivity contribution < 1.29 is 52.8 Å². The number of carbonyl (C=O) groups excluding carboxylic acids is 6. The first kappa shape index (κ1) is 46.1. The van der Waals surface area contributed by atoms with Crippen LogP contribution in [0.15, 0.2) is 60.7 Å². The molecule has 2 aliphatic heterocycles. The standard InChI is InChI=1S/C46H56FN7O10/c1-23-24(2)34(16-15-33(23)47)54(35-19-29(55)21-52(35)45(37(48)57,39(59)63-41(50)61)43(3,4)31-17-25-7-11-27(31)12-8-25)36-20-30(56)22-53(36)46(38(49)58,40(60)64-42(51)62)44(5,6)32-18-26-9-13-28(32)14-10-26/h7-16,29-32,35-36,55-56H,17-22H2,1-6H3,(H2,48,57)(H2,49,58)(H2,50,61)(H2,51,62)/t29-,30-,31?,32?,35?,36?,45-,46-/m0/s1. The van der Waals surface area contributed by atoms with E-state index >= 15 is 4.39 Å². The van der Waals surface area contributed by atoms with E-state index in [4.69, 9.17) is 32.4 Å². The van der Waals surface area contributed by atoms with Gasteiger partial charge in [0.2, 0.25) is 22.9 Å². The molecule has 4 unspecified atom stereocenters. The van der Waals surface area contributed by atoms with Crippen molar-refractivity contribution in [2.75, 3.05) is 18.0 Å². The molecule has 4 amide bonds. The van der Waals surface area contributed by atoms with Gasteiger partial charge in [-0.25, -0.2) is 23.6 Å². The van der Waals surface area contributed by atoms with E-state index in [0.29, 0.717) is 18.4 Å². The topological polar surface area (TPSA) is 275 Å². The molecule has 2 fully saturated rings. The fourth-order valence-electron chi connectivity index (χ4n) is 11.7. The van der Waals surface area contributed by atoms with Gasteiger partial charge in [-0.2, -0.15) is 0 Å². The minimum Gasteiger partial charge on any atom is -0.392 e. The number of halogens is 1. The van der Waals surface area contributed by atoms with Gasteiger partial charge in [-0.1, -0.05) is 76.2 Å². The Kier molecular flexibility index (Phi) is 11.7. The lowest BCUT2D eigenvalue weighted by Gasteiger charge is -2.57. The number of hydrogen-bond donors (Lipinski definition) is 6. The van der Waals surface area contributed by atoms with Crippen LogP contribution in [0.25, 0.3) is 0 Å². The summed E-state index contributed by atoms with van der Waals surface area (Å²) in [6.07, 6.45) is -8.27. The minimum atomic E-state index is -2.62. The van der Waals surface area contributed by atoms with E-state index in [2.05, 4.69) is 0 Å². The Labute approximate surface area is 369 Å². The van der Waals surface area contributed by atoms with Crippen LogP contribution in [-0.4, -0.2) is 105 Å². The Hall–Kier alpha value is -5.95. The highest BCUT2D eigenvalue weighted by Crippen LogP contribution is 2.56. The predicted molar refractivity (Wildman–Crippen MR) is 229 cm³/mol. The number of ether oxygens (including phenoxy) is 2. The second kappa shape index (κ2) is 16.2. The van der Waals surface area contributed by atoms with E-state index in [1.807, 2.05) is 48.5 Å². The summed E-state index contributed by atoms with van der Waals surface area (Å²) in [7, 11) is 0. The Morgan fingerprint density at radius 1 is 0.625 bits per heavy atom. The largest absolute Gasteiger partial charge is 0.412 e. The summed E-state index contributed by atoms with van der Waals surface area (Å²) < 4.78 is 25.8. The summed E-state index contributed by atoms with van der Waals surface area (Å²) in [5.74, 6) is -7.15. The smallest absolute Gasteiger partial charge is 0.392 e. The maximum absolute atomic E-state index is 15.5. The number of hydrogen-bond acceptors (Lipinski definition) is 13. The van der Waals surface area contributed by atoms with Gasteiger partial charge in [0.15, 0.2) is 0 Å². The number of benzene rings is 3. The summed E-state index contributed by atoms with van der Waals surface area (Å²) in [4.78, 5) is 88.5. The van der Waals surface area contributed by atoms with E-state index in [1.165, 1.54) is 28.9 Å². The number of aliphatic hydroxyl groups is 2. The third-order valence-corrected chi connectivity index (χ3v) is 14.9. The number of amides is 4. The number of nitrogens with zero attached hydrogens (tertiary/aromatic N) is 3. The van der Waals surface area contributed by atoms with Gasteiger partial charge < -0.3 is 47.5 Å². The van der Waals surface area contributed by atoms with Crippen molar-refractivity contribution in [3.8, 4) is 0 Å².